The molecule has 0 aliphatic carbocycles. The third-order valence-electron chi connectivity index (χ3n) is 2.36. The second kappa shape index (κ2) is 5.80. The van der Waals surface area contributed by atoms with Gasteiger partial charge in [0.2, 0.25) is 5.28 Å². The first-order valence-electron chi connectivity index (χ1n) is 5.53. The number of aromatic nitrogens is 2. The van der Waals surface area contributed by atoms with Gasteiger partial charge in [0.15, 0.2) is 0 Å². The molecule has 0 radical (unpaired) electrons. The first-order valence-corrected chi connectivity index (χ1v) is 5.91. The average molecular weight is 264 g/mol. The van der Waals surface area contributed by atoms with Crippen molar-refractivity contribution in [1.29, 1.82) is 0 Å². The Hall–Kier alpha value is -1.65. The number of rotatable bonds is 4. The SMILES string of the molecule is COCc1ccc(Nc2cc(C)nc(Cl)n2)cc1. The highest BCUT2D eigenvalue weighted by Gasteiger charge is 2.01. The Morgan fingerprint density at radius 2 is 1.94 bits per heavy atom. The van der Waals surface area contributed by atoms with Crippen LogP contribution >= 0.6 is 11.6 Å². The number of benzene rings is 1. The van der Waals surface area contributed by atoms with Crippen molar-refractivity contribution < 1.29 is 4.74 Å². The maximum atomic E-state index is 5.80. The van der Waals surface area contributed by atoms with E-state index >= 15 is 0 Å². The van der Waals surface area contributed by atoms with E-state index in [1.807, 2.05) is 37.3 Å². The van der Waals surface area contributed by atoms with Gasteiger partial charge in [-0.25, -0.2) is 9.97 Å². The van der Waals surface area contributed by atoms with E-state index in [0.29, 0.717) is 12.4 Å². The molecule has 0 saturated heterocycles. The summed E-state index contributed by atoms with van der Waals surface area (Å²) in [5.74, 6) is 0.687. The first-order chi connectivity index (χ1) is 8.67. The van der Waals surface area contributed by atoms with Gasteiger partial charge in [-0.2, -0.15) is 0 Å². The number of ether oxygens (including phenoxy) is 1. The van der Waals surface area contributed by atoms with E-state index in [1.54, 1.807) is 7.11 Å². The summed E-state index contributed by atoms with van der Waals surface area (Å²) in [5.41, 5.74) is 2.90. The van der Waals surface area contributed by atoms with Gasteiger partial charge in [0.25, 0.3) is 0 Å². The highest BCUT2D eigenvalue weighted by Crippen LogP contribution is 2.17. The minimum atomic E-state index is 0.244. The van der Waals surface area contributed by atoms with Crippen LogP contribution in [-0.4, -0.2) is 17.1 Å². The van der Waals surface area contributed by atoms with Crippen molar-refractivity contribution in [2.24, 2.45) is 0 Å². The molecule has 2 aromatic rings. The van der Waals surface area contributed by atoms with E-state index in [9.17, 15) is 0 Å². The summed E-state index contributed by atoms with van der Waals surface area (Å²) in [4.78, 5) is 8.12. The zero-order valence-electron chi connectivity index (χ0n) is 10.3. The predicted octanol–water partition coefficient (Wildman–Crippen LogP) is 3.33. The summed E-state index contributed by atoms with van der Waals surface area (Å²) in [6.07, 6.45) is 0. The van der Waals surface area contributed by atoms with Crippen LogP contribution in [-0.2, 0) is 11.3 Å². The van der Waals surface area contributed by atoms with E-state index < -0.39 is 0 Å². The van der Waals surface area contributed by atoms with Gasteiger partial charge in [0.1, 0.15) is 5.82 Å². The van der Waals surface area contributed by atoms with Gasteiger partial charge in [-0.1, -0.05) is 12.1 Å². The van der Waals surface area contributed by atoms with Crippen molar-refractivity contribution in [1.82, 2.24) is 9.97 Å². The van der Waals surface area contributed by atoms with Crippen molar-refractivity contribution >= 4 is 23.1 Å². The monoisotopic (exact) mass is 263 g/mol. The van der Waals surface area contributed by atoms with Crippen LogP contribution in [0.4, 0.5) is 11.5 Å². The molecule has 0 atom stereocenters. The van der Waals surface area contributed by atoms with Crippen molar-refractivity contribution in [3.8, 4) is 0 Å². The summed E-state index contributed by atoms with van der Waals surface area (Å²) in [7, 11) is 1.68. The summed E-state index contributed by atoms with van der Waals surface area (Å²) in [5, 5.41) is 3.42. The van der Waals surface area contributed by atoms with E-state index in [2.05, 4.69) is 15.3 Å². The van der Waals surface area contributed by atoms with Crippen LogP contribution in [0.1, 0.15) is 11.3 Å². The zero-order valence-corrected chi connectivity index (χ0v) is 11.0. The maximum Gasteiger partial charge on any atom is 0.224 e. The van der Waals surface area contributed by atoms with E-state index in [4.69, 9.17) is 16.3 Å². The fourth-order valence-corrected chi connectivity index (χ4v) is 1.82. The second-order valence-electron chi connectivity index (χ2n) is 3.92. The first kappa shape index (κ1) is 12.8. The van der Waals surface area contributed by atoms with Crippen LogP contribution in [0.25, 0.3) is 0 Å². The molecule has 18 heavy (non-hydrogen) atoms. The van der Waals surface area contributed by atoms with Crippen molar-refractivity contribution in [2.45, 2.75) is 13.5 Å². The molecule has 0 saturated carbocycles. The molecule has 0 aliphatic heterocycles. The van der Waals surface area contributed by atoms with E-state index in [-0.39, 0.29) is 5.28 Å². The number of hydrogen-bond donors (Lipinski definition) is 1. The Bertz CT molecular complexity index is 508. The topological polar surface area (TPSA) is 47.0 Å². The lowest BCUT2D eigenvalue weighted by molar-refractivity contribution is 0.185. The lowest BCUT2D eigenvalue weighted by atomic mass is 10.2. The normalized spacial score (nSPS) is 10.4. The van der Waals surface area contributed by atoms with Crippen molar-refractivity contribution in [3.63, 3.8) is 0 Å². The van der Waals surface area contributed by atoms with Gasteiger partial charge >= 0.3 is 0 Å². The largest absolute Gasteiger partial charge is 0.380 e. The Kier molecular flexibility index (Phi) is 4.12. The lowest BCUT2D eigenvalue weighted by Crippen LogP contribution is -1.97. The Morgan fingerprint density at radius 1 is 1.22 bits per heavy atom. The molecule has 2 rings (SSSR count). The number of halogens is 1. The molecule has 0 spiro atoms. The number of anilines is 2. The molecule has 1 N–H and O–H groups in total. The van der Waals surface area contributed by atoms with Crippen molar-refractivity contribution in [3.05, 3.63) is 46.9 Å². The third-order valence-corrected chi connectivity index (χ3v) is 2.53. The Labute approximate surface area is 111 Å². The molecule has 0 unspecified atom stereocenters. The number of nitrogens with one attached hydrogen (secondary N) is 1. The summed E-state index contributed by atoms with van der Waals surface area (Å²) >= 11 is 5.80. The van der Waals surface area contributed by atoms with Crippen LogP contribution in [0.15, 0.2) is 30.3 Å². The van der Waals surface area contributed by atoms with Crippen LogP contribution in [0.5, 0.6) is 0 Å². The number of methoxy groups -OCH3 is 1. The number of aryl methyl sites for hydroxylation is 1. The molecular formula is C13H14ClN3O. The highest BCUT2D eigenvalue weighted by molar-refractivity contribution is 6.28. The van der Waals surface area contributed by atoms with Gasteiger partial charge in [-0.3, -0.25) is 0 Å². The summed E-state index contributed by atoms with van der Waals surface area (Å²) in [6, 6.07) is 9.79. The van der Waals surface area contributed by atoms with Crippen molar-refractivity contribution in [2.75, 3.05) is 12.4 Å². The Balaban J connectivity index is 2.13. The van der Waals surface area contributed by atoms with Gasteiger partial charge in [0, 0.05) is 24.6 Å². The molecule has 94 valence electrons. The Morgan fingerprint density at radius 3 is 2.56 bits per heavy atom. The molecule has 0 bridgehead atoms. The fourth-order valence-electron chi connectivity index (χ4n) is 1.60. The molecule has 1 heterocycles. The second-order valence-corrected chi connectivity index (χ2v) is 4.26. The standard InChI is InChI=1S/C13H14ClN3O/c1-9-7-12(17-13(14)15-9)16-11-5-3-10(4-6-11)8-18-2/h3-7H,8H2,1-2H3,(H,15,16,17). The number of nitrogens with zero attached hydrogens (tertiary/aromatic N) is 2. The molecular weight excluding hydrogens is 250 g/mol. The lowest BCUT2D eigenvalue weighted by Gasteiger charge is -2.07. The molecule has 0 amide bonds. The van der Waals surface area contributed by atoms with Crippen LogP contribution in [0, 0.1) is 6.92 Å². The fraction of sp³-hybridized carbons (Fsp3) is 0.231. The van der Waals surface area contributed by atoms with E-state index in [0.717, 1.165) is 16.9 Å². The molecule has 1 aromatic carbocycles. The molecule has 1 aromatic heterocycles. The van der Waals surface area contributed by atoms with Gasteiger partial charge in [-0.05, 0) is 36.2 Å². The summed E-state index contributed by atoms with van der Waals surface area (Å²) < 4.78 is 5.06. The van der Waals surface area contributed by atoms with Gasteiger partial charge < -0.3 is 10.1 Å². The van der Waals surface area contributed by atoms with Crippen LogP contribution in [0.3, 0.4) is 0 Å². The minimum Gasteiger partial charge on any atom is -0.380 e. The van der Waals surface area contributed by atoms with E-state index in [1.165, 1.54) is 0 Å². The quantitative estimate of drug-likeness (QED) is 0.860. The highest BCUT2D eigenvalue weighted by atomic mass is 35.5. The van der Waals surface area contributed by atoms with Gasteiger partial charge in [0.05, 0.1) is 6.61 Å². The van der Waals surface area contributed by atoms with Gasteiger partial charge in [-0.15, -0.1) is 0 Å². The van der Waals surface area contributed by atoms with Crippen LogP contribution < -0.4 is 5.32 Å². The molecule has 5 heteroatoms. The zero-order chi connectivity index (χ0) is 13.0. The summed E-state index contributed by atoms with van der Waals surface area (Å²) in [6.45, 7) is 2.49. The molecule has 4 nitrogen and oxygen atoms in total. The smallest absolute Gasteiger partial charge is 0.224 e. The minimum absolute atomic E-state index is 0.244. The van der Waals surface area contributed by atoms with Crippen LogP contribution in [0.2, 0.25) is 5.28 Å². The molecule has 0 fully saturated rings. The third kappa shape index (κ3) is 3.42. The maximum absolute atomic E-state index is 5.80. The average Bonchev–Trinajstić information content (AvgIpc) is 2.31. The number of hydrogen-bond acceptors (Lipinski definition) is 4. The molecule has 0 aliphatic rings. The predicted molar refractivity (Wildman–Crippen MR) is 72.2 cm³/mol.